The van der Waals surface area contributed by atoms with E-state index in [1.54, 1.807) is 6.92 Å². The fourth-order valence-corrected chi connectivity index (χ4v) is 1.02. The first-order chi connectivity index (χ1) is 6.65. The minimum atomic E-state index is -0.430. The molecule has 0 amide bonds. The Labute approximate surface area is 83.0 Å². The van der Waals surface area contributed by atoms with Gasteiger partial charge in [0.2, 0.25) is 0 Å². The van der Waals surface area contributed by atoms with Gasteiger partial charge >= 0.3 is 0 Å². The third-order valence-corrected chi connectivity index (χ3v) is 1.93. The van der Waals surface area contributed by atoms with Crippen molar-refractivity contribution in [1.82, 2.24) is 0 Å². The third-order valence-electron chi connectivity index (χ3n) is 1.93. The van der Waals surface area contributed by atoms with Crippen molar-refractivity contribution in [3.05, 3.63) is 29.8 Å². The highest BCUT2D eigenvalue weighted by Crippen LogP contribution is 2.17. The van der Waals surface area contributed by atoms with Crippen molar-refractivity contribution < 1.29 is 9.94 Å². The lowest BCUT2D eigenvalue weighted by Crippen LogP contribution is -2.31. The number of ether oxygens (including phenoxy) is 1. The van der Waals surface area contributed by atoms with Crippen LogP contribution in [0.15, 0.2) is 29.4 Å². The molecule has 1 aromatic carbocycles. The molecule has 0 spiro atoms. The number of oxime groups is 1. The smallest absolute Gasteiger partial charge is 0.180 e. The second-order valence-corrected chi connectivity index (χ2v) is 3.05. The zero-order chi connectivity index (χ0) is 10.6. The minimum Gasteiger partial charge on any atom is -0.482 e. The third kappa shape index (κ3) is 2.39. The van der Waals surface area contributed by atoms with Gasteiger partial charge < -0.3 is 15.7 Å². The maximum atomic E-state index is 8.44. The highest BCUT2D eigenvalue weighted by atomic mass is 16.5. The topological polar surface area (TPSA) is 67.8 Å². The van der Waals surface area contributed by atoms with Crippen LogP contribution in [0.3, 0.4) is 0 Å². The molecule has 4 nitrogen and oxygen atoms in total. The van der Waals surface area contributed by atoms with Gasteiger partial charge in [0.05, 0.1) is 0 Å². The monoisotopic (exact) mass is 194 g/mol. The molecule has 0 bridgehead atoms. The maximum absolute atomic E-state index is 8.44. The Balaban J connectivity index is 2.74. The molecule has 0 aliphatic rings. The first kappa shape index (κ1) is 10.4. The van der Waals surface area contributed by atoms with E-state index in [0.29, 0.717) is 0 Å². The molecule has 0 aromatic heterocycles. The number of amidine groups is 1. The summed E-state index contributed by atoms with van der Waals surface area (Å²) in [7, 11) is 0. The molecular weight excluding hydrogens is 180 g/mol. The van der Waals surface area contributed by atoms with E-state index < -0.39 is 6.10 Å². The van der Waals surface area contributed by atoms with Crippen LogP contribution in [0.2, 0.25) is 0 Å². The van der Waals surface area contributed by atoms with Gasteiger partial charge in [0.25, 0.3) is 0 Å². The Kier molecular flexibility index (Phi) is 3.34. The van der Waals surface area contributed by atoms with Gasteiger partial charge in [0.1, 0.15) is 5.75 Å². The van der Waals surface area contributed by atoms with Crippen LogP contribution in [-0.4, -0.2) is 17.1 Å². The van der Waals surface area contributed by atoms with Crippen LogP contribution >= 0.6 is 0 Å². The number of para-hydroxylation sites is 1. The minimum absolute atomic E-state index is 0.0632. The first-order valence-corrected chi connectivity index (χ1v) is 4.35. The Bertz CT molecular complexity index is 337. The molecule has 3 N–H and O–H groups in total. The lowest BCUT2D eigenvalue weighted by molar-refractivity contribution is 0.264. The highest BCUT2D eigenvalue weighted by Gasteiger charge is 2.09. The molecule has 4 heteroatoms. The van der Waals surface area contributed by atoms with E-state index in [1.165, 1.54) is 0 Å². The molecule has 0 aliphatic carbocycles. The Morgan fingerprint density at radius 2 is 2.14 bits per heavy atom. The zero-order valence-corrected chi connectivity index (χ0v) is 8.27. The maximum Gasteiger partial charge on any atom is 0.180 e. The summed E-state index contributed by atoms with van der Waals surface area (Å²) >= 11 is 0. The van der Waals surface area contributed by atoms with Gasteiger partial charge in [-0.2, -0.15) is 0 Å². The summed E-state index contributed by atoms with van der Waals surface area (Å²) in [5.74, 6) is 0.805. The van der Waals surface area contributed by atoms with Crippen LogP contribution in [0, 0.1) is 6.92 Å². The normalized spacial score (nSPS) is 13.7. The molecule has 1 unspecified atom stereocenters. The lowest BCUT2D eigenvalue weighted by Gasteiger charge is -2.14. The Morgan fingerprint density at radius 1 is 1.50 bits per heavy atom. The van der Waals surface area contributed by atoms with Gasteiger partial charge in [-0.3, -0.25) is 0 Å². The lowest BCUT2D eigenvalue weighted by atomic mass is 10.2. The number of aryl methyl sites for hydroxylation is 1. The standard InChI is InChI=1S/C10H14N2O2/c1-7-5-3-4-6-9(7)14-8(2)10(11)12-13/h3-6,8,13H,1-2H3,(H2,11,12). The number of nitrogens with two attached hydrogens (primary N) is 1. The number of hydrogen-bond acceptors (Lipinski definition) is 3. The number of nitrogens with zero attached hydrogens (tertiary/aromatic N) is 1. The summed E-state index contributed by atoms with van der Waals surface area (Å²) in [6.45, 7) is 3.66. The van der Waals surface area contributed by atoms with Crippen LogP contribution in [0.4, 0.5) is 0 Å². The van der Waals surface area contributed by atoms with Crippen molar-refractivity contribution in [1.29, 1.82) is 0 Å². The second-order valence-electron chi connectivity index (χ2n) is 3.05. The fraction of sp³-hybridized carbons (Fsp3) is 0.300. The molecule has 14 heavy (non-hydrogen) atoms. The van der Waals surface area contributed by atoms with Crippen molar-refractivity contribution in [2.24, 2.45) is 10.9 Å². The average Bonchev–Trinajstić information content (AvgIpc) is 2.20. The highest BCUT2D eigenvalue weighted by molar-refractivity contribution is 5.84. The van der Waals surface area contributed by atoms with Gasteiger partial charge in [-0.05, 0) is 25.5 Å². The van der Waals surface area contributed by atoms with E-state index in [9.17, 15) is 0 Å². The van der Waals surface area contributed by atoms with E-state index in [2.05, 4.69) is 5.16 Å². The summed E-state index contributed by atoms with van der Waals surface area (Å²) in [6.07, 6.45) is -0.430. The molecule has 0 aliphatic heterocycles. The summed E-state index contributed by atoms with van der Waals surface area (Å²) in [5, 5.41) is 11.3. The van der Waals surface area contributed by atoms with Crippen LogP contribution in [-0.2, 0) is 0 Å². The van der Waals surface area contributed by atoms with E-state index in [0.717, 1.165) is 11.3 Å². The molecule has 1 rings (SSSR count). The van der Waals surface area contributed by atoms with E-state index in [4.69, 9.17) is 15.7 Å². The van der Waals surface area contributed by atoms with Gasteiger partial charge in [0, 0.05) is 0 Å². The predicted molar refractivity (Wildman–Crippen MR) is 54.7 cm³/mol. The Hall–Kier alpha value is -1.71. The number of rotatable bonds is 3. The van der Waals surface area contributed by atoms with Crippen LogP contribution in [0.1, 0.15) is 12.5 Å². The van der Waals surface area contributed by atoms with Crippen LogP contribution in [0.25, 0.3) is 0 Å². The molecule has 1 aromatic rings. The molecular formula is C10H14N2O2. The van der Waals surface area contributed by atoms with Crippen molar-refractivity contribution in [2.75, 3.05) is 0 Å². The number of hydrogen-bond donors (Lipinski definition) is 2. The molecule has 0 radical (unpaired) electrons. The van der Waals surface area contributed by atoms with Crippen molar-refractivity contribution in [3.8, 4) is 5.75 Å². The largest absolute Gasteiger partial charge is 0.482 e. The first-order valence-electron chi connectivity index (χ1n) is 4.35. The molecule has 0 heterocycles. The van der Waals surface area contributed by atoms with Crippen LogP contribution < -0.4 is 10.5 Å². The zero-order valence-electron chi connectivity index (χ0n) is 8.27. The SMILES string of the molecule is Cc1ccccc1OC(C)/C(N)=N/O. The average molecular weight is 194 g/mol. The van der Waals surface area contributed by atoms with Gasteiger partial charge in [-0.1, -0.05) is 23.4 Å². The van der Waals surface area contributed by atoms with Crippen molar-refractivity contribution in [2.45, 2.75) is 20.0 Å². The molecule has 0 fully saturated rings. The predicted octanol–water partition coefficient (Wildman–Crippen LogP) is 1.51. The second kappa shape index (κ2) is 4.50. The fourth-order valence-electron chi connectivity index (χ4n) is 1.02. The summed E-state index contributed by atoms with van der Waals surface area (Å²) in [5.41, 5.74) is 6.41. The van der Waals surface area contributed by atoms with Gasteiger partial charge in [-0.25, -0.2) is 0 Å². The van der Waals surface area contributed by atoms with E-state index >= 15 is 0 Å². The van der Waals surface area contributed by atoms with Crippen molar-refractivity contribution >= 4 is 5.84 Å². The molecule has 1 atom stereocenters. The van der Waals surface area contributed by atoms with Gasteiger partial charge in [0.15, 0.2) is 11.9 Å². The molecule has 76 valence electrons. The van der Waals surface area contributed by atoms with E-state index in [-0.39, 0.29) is 5.84 Å². The summed E-state index contributed by atoms with van der Waals surface area (Å²) in [4.78, 5) is 0. The van der Waals surface area contributed by atoms with Crippen LogP contribution in [0.5, 0.6) is 5.75 Å². The van der Waals surface area contributed by atoms with E-state index in [1.807, 2.05) is 31.2 Å². The molecule has 0 saturated heterocycles. The summed E-state index contributed by atoms with van der Waals surface area (Å²) < 4.78 is 5.48. The number of benzene rings is 1. The molecule has 0 saturated carbocycles. The quantitative estimate of drug-likeness (QED) is 0.331. The summed E-state index contributed by atoms with van der Waals surface area (Å²) in [6, 6.07) is 7.59. The Morgan fingerprint density at radius 3 is 2.71 bits per heavy atom. The van der Waals surface area contributed by atoms with Crippen molar-refractivity contribution in [3.63, 3.8) is 0 Å². The van der Waals surface area contributed by atoms with Gasteiger partial charge in [-0.15, -0.1) is 0 Å².